The number of fused-ring (bicyclic) bond motifs is 2. The highest BCUT2D eigenvalue weighted by Gasteiger charge is 2.18. The van der Waals surface area contributed by atoms with Gasteiger partial charge in [-0.05, 0) is 31.5 Å². The second-order valence-corrected chi connectivity index (χ2v) is 6.15. The van der Waals surface area contributed by atoms with Gasteiger partial charge in [0.05, 0.1) is 11.0 Å². The van der Waals surface area contributed by atoms with Crippen LogP contribution < -0.4 is 14.8 Å². The van der Waals surface area contributed by atoms with Gasteiger partial charge in [-0.15, -0.1) is 0 Å². The molecule has 1 N–H and O–H groups in total. The van der Waals surface area contributed by atoms with E-state index in [4.69, 9.17) is 9.47 Å². The Labute approximate surface area is 145 Å². The van der Waals surface area contributed by atoms with Crippen molar-refractivity contribution in [2.24, 2.45) is 0 Å². The van der Waals surface area contributed by atoms with E-state index < -0.39 is 0 Å². The number of amides is 1. The number of carbonyl (C=O) groups excluding carboxylic acids is 1. The Balaban J connectivity index is 1.62. The summed E-state index contributed by atoms with van der Waals surface area (Å²) in [7, 11) is 0. The molecule has 25 heavy (non-hydrogen) atoms. The number of hydrogen-bond acceptors (Lipinski definition) is 4. The van der Waals surface area contributed by atoms with Gasteiger partial charge in [-0.3, -0.25) is 4.79 Å². The maximum absolute atomic E-state index is 12.5. The molecular weight excluding hydrogens is 318 g/mol. The maximum atomic E-state index is 12.5. The lowest BCUT2D eigenvalue weighted by atomic mass is 10.2. The molecule has 3 aromatic rings. The summed E-state index contributed by atoms with van der Waals surface area (Å²) < 4.78 is 13.1. The number of benzene rings is 2. The number of aryl methyl sites for hydroxylation is 2. The molecule has 0 aliphatic carbocycles. The molecule has 0 bridgehead atoms. The topological polar surface area (TPSA) is 65.4 Å². The van der Waals surface area contributed by atoms with Crippen molar-refractivity contribution in [3.63, 3.8) is 0 Å². The van der Waals surface area contributed by atoms with E-state index in [0.29, 0.717) is 24.7 Å². The van der Waals surface area contributed by atoms with Crippen molar-refractivity contribution >= 4 is 22.6 Å². The van der Waals surface area contributed by atoms with Crippen molar-refractivity contribution in [2.45, 2.75) is 20.4 Å². The Morgan fingerprint density at radius 1 is 1.16 bits per heavy atom. The van der Waals surface area contributed by atoms with Gasteiger partial charge in [0.2, 0.25) is 5.91 Å². The van der Waals surface area contributed by atoms with Gasteiger partial charge in [0.25, 0.3) is 0 Å². The van der Waals surface area contributed by atoms with Crippen molar-refractivity contribution < 1.29 is 14.3 Å². The van der Waals surface area contributed by atoms with Gasteiger partial charge >= 0.3 is 0 Å². The minimum atomic E-state index is -0.0945. The van der Waals surface area contributed by atoms with Crippen LogP contribution in [-0.2, 0) is 11.3 Å². The van der Waals surface area contributed by atoms with Crippen molar-refractivity contribution in [1.82, 2.24) is 9.55 Å². The van der Waals surface area contributed by atoms with Gasteiger partial charge in [-0.1, -0.05) is 12.1 Å². The Bertz CT molecular complexity index is 962. The minimum Gasteiger partial charge on any atom is -0.486 e. The largest absolute Gasteiger partial charge is 0.486 e. The Morgan fingerprint density at radius 3 is 2.68 bits per heavy atom. The minimum absolute atomic E-state index is 0.0945. The monoisotopic (exact) mass is 337 g/mol. The van der Waals surface area contributed by atoms with Crippen molar-refractivity contribution in [2.75, 3.05) is 18.5 Å². The lowest BCUT2D eigenvalue weighted by Crippen LogP contribution is -2.19. The molecule has 0 unspecified atom stereocenters. The Kier molecular flexibility index (Phi) is 3.80. The Hall–Kier alpha value is -3.02. The number of aromatic nitrogens is 2. The van der Waals surface area contributed by atoms with Gasteiger partial charge in [-0.2, -0.15) is 0 Å². The summed E-state index contributed by atoms with van der Waals surface area (Å²) in [5.74, 6) is 2.08. The van der Waals surface area contributed by atoms with Gasteiger partial charge in [-0.25, -0.2) is 4.98 Å². The van der Waals surface area contributed by atoms with E-state index in [1.165, 1.54) is 0 Å². The fourth-order valence-corrected chi connectivity index (χ4v) is 3.05. The van der Waals surface area contributed by atoms with Crippen LogP contribution in [0.4, 0.5) is 5.69 Å². The van der Waals surface area contributed by atoms with Crippen LogP contribution in [0.15, 0.2) is 36.4 Å². The molecule has 2 heterocycles. The number of rotatable bonds is 3. The smallest absolute Gasteiger partial charge is 0.244 e. The first-order valence-electron chi connectivity index (χ1n) is 8.23. The highest BCUT2D eigenvalue weighted by atomic mass is 16.6. The average molecular weight is 337 g/mol. The quantitative estimate of drug-likeness (QED) is 0.798. The van der Waals surface area contributed by atoms with Gasteiger partial charge in [0, 0.05) is 17.8 Å². The normalized spacial score (nSPS) is 13.0. The Morgan fingerprint density at radius 2 is 1.92 bits per heavy atom. The molecule has 0 saturated heterocycles. The van der Waals surface area contributed by atoms with Crippen LogP contribution in [0.5, 0.6) is 11.5 Å². The first kappa shape index (κ1) is 15.5. The van der Waals surface area contributed by atoms with Crippen LogP contribution in [0.1, 0.15) is 11.4 Å². The summed E-state index contributed by atoms with van der Waals surface area (Å²) in [4.78, 5) is 17.0. The summed E-state index contributed by atoms with van der Waals surface area (Å²) in [5.41, 5.74) is 3.55. The standard InChI is InChI=1S/C19H19N3O3/c1-12-4-3-5-14(8-12)21-19(23)11-22-13(2)20-15-9-17-18(10-16(15)22)25-7-6-24-17/h3-5,8-10H,6-7,11H2,1-2H3,(H,21,23). The van der Waals surface area contributed by atoms with E-state index in [-0.39, 0.29) is 12.5 Å². The number of anilines is 1. The molecule has 0 radical (unpaired) electrons. The van der Waals surface area contributed by atoms with Crippen molar-refractivity contribution in [1.29, 1.82) is 0 Å². The highest BCUT2D eigenvalue weighted by molar-refractivity contribution is 5.92. The van der Waals surface area contributed by atoms with Crippen molar-refractivity contribution in [3.05, 3.63) is 47.8 Å². The molecule has 6 heteroatoms. The van der Waals surface area contributed by atoms with Crippen LogP contribution in [0.25, 0.3) is 11.0 Å². The number of carbonyl (C=O) groups is 1. The number of ether oxygens (including phenoxy) is 2. The molecule has 0 atom stereocenters. The first-order valence-corrected chi connectivity index (χ1v) is 8.23. The second kappa shape index (κ2) is 6.12. The van der Waals surface area contributed by atoms with E-state index >= 15 is 0 Å². The molecular formula is C19H19N3O3. The fourth-order valence-electron chi connectivity index (χ4n) is 3.05. The lowest BCUT2D eigenvalue weighted by Gasteiger charge is -2.18. The molecule has 0 saturated carbocycles. The number of nitrogens with one attached hydrogen (secondary N) is 1. The number of nitrogens with zero attached hydrogens (tertiary/aromatic N) is 2. The highest BCUT2D eigenvalue weighted by Crippen LogP contribution is 2.34. The molecule has 0 spiro atoms. The van der Waals surface area contributed by atoms with Crippen LogP contribution in [-0.4, -0.2) is 28.7 Å². The van der Waals surface area contributed by atoms with E-state index in [0.717, 1.165) is 28.1 Å². The third-order valence-corrected chi connectivity index (χ3v) is 4.21. The van der Waals surface area contributed by atoms with Gasteiger partial charge in [0.1, 0.15) is 25.6 Å². The van der Waals surface area contributed by atoms with Crippen LogP contribution >= 0.6 is 0 Å². The molecule has 128 valence electrons. The molecule has 1 aromatic heterocycles. The van der Waals surface area contributed by atoms with E-state index in [2.05, 4.69) is 10.3 Å². The van der Waals surface area contributed by atoms with E-state index in [9.17, 15) is 4.79 Å². The molecule has 1 aliphatic rings. The molecule has 1 amide bonds. The predicted molar refractivity (Wildman–Crippen MR) is 95.3 cm³/mol. The predicted octanol–water partition coefficient (Wildman–Crippen LogP) is 3.06. The summed E-state index contributed by atoms with van der Waals surface area (Å²) in [6, 6.07) is 11.5. The SMILES string of the molecule is Cc1cccc(NC(=O)Cn2c(C)nc3cc4c(cc32)OCCO4)c1. The number of imidazole rings is 1. The van der Waals surface area contributed by atoms with Crippen molar-refractivity contribution in [3.8, 4) is 11.5 Å². The average Bonchev–Trinajstić information content (AvgIpc) is 2.87. The summed E-state index contributed by atoms with van der Waals surface area (Å²) in [6.07, 6.45) is 0. The van der Waals surface area contributed by atoms with Gasteiger partial charge < -0.3 is 19.4 Å². The zero-order chi connectivity index (χ0) is 17.4. The molecule has 6 nitrogen and oxygen atoms in total. The van der Waals surface area contributed by atoms with Crippen LogP contribution in [0.2, 0.25) is 0 Å². The van der Waals surface area contributed by atoms with Crippen LogP contribution in [0, 0.1) is 13.8 Å². The fraction of sp³-hybridized carbons (Fsp3) is 0.263. The van der Waals surface area contributed by atoms with E-state index in [1.54, 1.807) is 0 Å². The lowest BCUT2D eigenvalue weighted by molar-refractivity contribution is -0.116. The maximum Gasteiger partial charge on any atom is 0.244 e. The zero-order valence-electron chi connectivity index (χ0n) is 14.2. The molecule has 1 aliphatic heterocycles. The molecule has 0 fully saturated rings. The summed E-state index contributed by atoms with van der Waals surface area (Å²) in [5, 5.41) is 2.93. The van der Waals surface area contributed by atoms with Crippen LogP contribution in [0.3, 0.4) is 0 Å². The second-order valence-electron chi connectivity index (χ2n) is 6.15. The zero-order valence-corrected chi connectivity index (χ0v) is 14.2. The van der Waals surface area contributed by atoms with E-state index in [1.807, 2.05) is 54.8 Å². The third kappa shape index (κ3) is 3.03. The number of hydrogen-bond donors (Lipinski definition) is 1. The summed E-state index contributed by atoms with van der Waals surface area (Å²) in [6.45, 7) is 5.14. The molecule has 2 aromatic carbocycles. The molecule has 4 rings (SSSR count). The van der Waals surface area contributed by atoms with Gasteiger partial charge in [0.15, 0.2) is 11.5 Å². The first-order chi connectivity index (χ1) is 12.1. The third-order valence-electron chi connectivity index (χ3n) is 4.21. The summed E-state index contributed by atoms with van der Waals surface area (Å²) >= 11 is 0.